The van der Waals surface area contributed by atoms with Crippen LogP contribution in [0.2, 0.25) is 0 Å². The van der Waals surface area contributed by atoms with Crippen LogP contribution in [0.3, 0.4) is 0 Å². The van der Waals surface area contributed by atoms with E-state index in [0.29, 0.717) is 5.69 Å². The zero-order valence-electron chi connectivity index (χ0n) is 27.9. The highest BCUT2D eigenvalue weighted by Gasteiger charge is 2.46. The maximum Gasteiger partial charge on any atom is 0.187 e. The largest absolute Gasteiger partial charge is 0.497 e. The van der Waals surface area contributed by atoms with Crippen LogP contribution in [0.1, 0.15) is 54.5 Å². The van der Waals surface area contributed by atoms with E-state index in [1.165, 1.54) is 49.2 Å². The van der Waals surface area contributed by atoms with E-state index in [1.54, 1.807) is 7.11 Å². The molecule has 1 heterocycles. The zero-order chi connectivity index (χ0) is 33.3. The topological polar surface area (TPSA) is 22.8 Å². The van der Waals surface area contributed by atoms with Gasteiger partial charge in [0.15, 0.2) is 11.3 Å². The molecule has 0 spiro atoms. The SMILES string of the molecule is [C-]#[N+]c1ccc2c(c1)C(CC)(CC)c1c3c(c4ccccc4c1-2)OC(c1ccc(OC)cc1)(c1ccc2c(ccc4ccccc42)c1)C=C3. The van der Waals surface area contributed by atoms with E-state index in [1.807, 2.05) is 18.2 Å². The summed E-state index contributed by atoms with van der Waals surface area (Å²) in [6.45, 7) is 12.4. The molecule has 1 unspecified atom stereocenters. The summed E-state index contributed by atoms with van der Waals surface area (Å²) in [7, 11) is 1.70. The average Bonchev–Trinajstić information content (AvgIpc) is 3.47. The highest BCUT2D eigenvalue weighted by Crippen LogP contribution is 2.60. The van der Waals surface area contributed by atoms with Crippen LogP contribution >= 0.6 is 0 Å². The van der Waals surface area contributed by atoms with Gasteiger partial charge < -0.3 is 9.47 Å². The summed E-state index contributed by atoms with van der Waals surface area (Å²) < 4.78 is 13.2. The fourth-order valence-corrected chi connectivity index (χ4v) is 8.76. The van der Waals surface area contributed by atoms with Crippen LogP contribution in [0.15, 0.2) is 127 Å². The van der Waals surface area contributed by atoms with Crippen LogP contribution in [0.4, 0.5) is 5.69 Å². The van der Waals surface area contributed by atoms with E-state index in [4.69, 9.17) is 16.0 Å². The number of hydrogen-bond donors (Lipinski definition) is 0. The summed E-state index contributed by atoms with van der Waals surface area (Å²) in [5.74, 6) is 1.70. The third-order valence-electron chi connectivity index (χ3n) is 11.2. The maximum atomic E-state index is 7.80. The molecule has 0 bridgehead atoms. The van der Waals surface area contributed by atoms with Gasteiger partial charge in [-0.05, 0) is 86.3 Å². The van der Waals surface area contributed by atoms with Gasteiger partial charge in [0, 0.05) is 27.5 Å². The van der Waals surface area contributed by atoms with Gasteiger partial charge in [-0.2, -0.15) is 0 Å². The fourth-order valence-electron chi connectivity index (χ4n) is 8.76. The molecular weight excluding hydrogens is 599 g/mol. The Morgan fingerprint density at radius 1 is 0.694 bits per heavy atom. The molecule has 7 aromatic carbocycles. The van der Waals surface area contributed by atoms with E-state index in [2.05, 4.69) is 134 Å². The minimum atomic E-state index is -0.889. The van der Waals surface area contributed by atoms with E-state index in [0.717, 1.165) is 46.4 Å². The Balaban J connectivity index is 1.34. The van der Waals surface area contributed by atoms with Crippen molar-refractivity contribution in [1.29, 1.82) is 0 Å². The van der Waals surface area contributed by atoms with Gasteiger partial charge in [0.2, 0.25) is 0 Å². The number of methoxy groups -OCH3 is 1. The Morgan fingerprint density at radius 3 is 2.14 bits per heavy atom. The summed E-state index contributed by atoms with van der Waals surface area (Å²) in [6, 6.07) is 43.0. The molecule has 7 aromatic rings. The first-order valence-corrected chi connectivity index (χ1v) is 17.1. The van der Waals surface area contributed by atoms with Crippen LogP contribution in [0, 0.1) is 6.57 Å². The fraction of sp³-hybridized carbons (Fsp3) is 0.152. The second kappa shape index (κ2) is 10.8. The van der Waals surface area contributed by atoms with E-state index in [-0.39, 0.29) is 5.41 Å². The molecule has 0 radical (unpaired) electrons. The Kier molecular flexibility index (Phi) is 6.48. The molecule has 0 saturated carbocycles. The van der Waals surface area contributed by atoms with Crippen molar-refractivity contribution in [1.82, 2.24) is 0 Å². The predicted octanol–water partition coefficient (Wildman–Crippen LogP) is 12.1. The molecule has 2 aliphatic rings. The first-order valence-electron chi connectivity index (χ1n) is 17.1. The molecule has 0 fully saturated rings. The van der Waals surface area contributed by atoms with Gasteiger partial charge in [-0.15, -0.1) is 0 Å². The van der Waals surface area contributed by atoms with Crippen molar-refractivity contribution in [2.24, 2.45) is 0 Å². The normalized spacial score (nSPS) is 16.9. The quantitative estimate of drug-likeness (QED) is 0.139. The molecule has 0 aromatic heterocycles. The van der Waals surface area contributed by atoms with Crippen molar-refractivity contribution >= 4 is 44.1 Å². The molecular formula is C46H35NO2. The van der Waals surface area contributed by atoms with Gasteiger partial charge in [-0.1, -0.05) is 123 Å². The minimum Gasteiger partial charge on any atom is -0.497 e. The smallest absolute Gasteiger partial charge is 0.187 e. The second-order valence-corrected chi connectivity index (χ2v) is 13.3. The lowest BCUT2D eigenvalue weighted by atomic mass is 9.71. The van der Waals surface area contributed by atoms with Crippen LogP contribution < -0.4 is 9.47 Å². The summed E-state index contributed by atoms with van der Waals surface area (Å²) in [5.41, 5.74) is 7.85. The van der Waals surface area contributed by atoms with Gasteiger partial charge >= 0.3 is 0 Å². The molecule has 9 rings (SSSR count). The molecule has 1 aliphatic heterocycles. The third kappa shape index (κ3) is 4.01. The number of fused-ring (bicyclic) bond motifs is 11. The number of hydrogen-bond acceptors (Lipinski definition) is 2. The van der Waals surface area contributed by atoms with Crippen molar-refractivity contribution in [3.05, 3.63) is 167 Å². The Hall–Kier alpha value is -5.85. The Morgan fingerprint density at radius 2 is 1.39 bits per heavy atom. The lowest BCUT2D eigenvalue weighted by Crippen LogP contribution is -2.35. The van der Waals surface area contributed by atoms with E-state index in [9.17, 15) is 0 Å². The molecule has 49 heavy (non-hydrogen) atoms. The monoisotopic (exact) mass is 633 g/mol. The molecule has 0 saturated heterocycles. The summed E-state index contributed by atoms with van der Waals surface area (Å²) in [6.07, 6.45) is 6.43. The van der Waals surface area contributed by atoms with Gasteiger partial charge in [0.25, 0.3) is 0 Å². The van der Waals surface area contributed by atoms with Crippen molar-refractivity contribution < 1.29 is 9.47 Å². The van der Waals surface area contributed by atoms with Crippen molar-refractivity contribution in [3.8, 4) is 22.6 Å². The number of benzene rings is 7. The molecule has 0 N–H and O–H groups in total. The molecule has 3 heteroatoms. The summed E-state index contributed by atoms with van der Waals surface area (Å²) in [4.78, 5) is 3.83. The summed E-state index contributed by atoms with van der Waals surface area (Å²) >= 11 is 0. The highest BCUT2D eigenvalue weighted by atomic mass is 16.5. The lowest BCUT2D eigenvalue weighted by Gasteiger charge is -2.39. The standard InChI is InChI=1S/C46H35NO2/c1-5-45(6-2)41-28-33(47-3)20-24-39(41)42-37-13-9-10-14-38(37)44-40(43(42)45)25-26-46(49-44,31-17-21-34(48-4)22-18-31)32-19-23-36-30(27-32)16-15-29-11-7-8-12-35(29)36/h7-28H,5-6H2,1-2,4H3. The molecule has 0 amide bonds. The van der Waals surface area contributed by atoms with Crippen LogP contribution in [0.25, 0.3) is 54.4 Å². The molecule has 3 nitrogen and oxygen atoms in total. The van der Waals surface area contributed by atoms with Crippen molar-refractivity contribution in [3.63, 3.8) is 0 Å². The van der Waals surface area contributed by atoms with Gasteiger partial charge in [0.05, 0.1) is 13.7 Å². The van der Waals surface area contributed by atoms with Crippen LogP contribution in [0.5, 0.6) is 11.5 Å². The van der Waals surface area contributed by atoms with Gasteiger partial charge in [0.1, 0.15) is 11.5 Å². The first kappa shape index (κ1) is 29.3. The number of rotatable bonds is 5. The Labute approximate surface area is 286 Å². The van der Waals surface area contributed by atoms with E-state index >= 15 is 0 Å². The predicted molar refractivity (Wildman–Crippen MR) is 202 cm³/mol. The van der Waals surface area contributed by atoms with Gasteiger partial charge in [-0.3, -0.25) is 0 Å². The van der Waals surface area contributed by atoms with Crippen molar-refractivity contribution in [2.45, 2.75) is 37.7 Å². The van der Waals surface area contributed by atoms with Crippen LogP contribution in [-0.4, -0.2) is 7.11 Å². The summed E-state index contributed by atoms with van der Waals surface area (Å²) in [5, 5.41) is 7.15. The lowest BCUT2D eigenvalue weighted by molar-refractivity contribution is 0.163. The maximum absolute atomic E-state index is 7.80. The first-order chi connectivity index (χ1) is 24.0. The molecule has 1 atom stereocenters. The second-order valence-electron chi connectivity index (χ2n) is 13.3. The Bertz CT molecular complexity index is 2550. The molecule has 236 valence electrons. The number of nitrogens with zero attached hydrogens (tertiary/aromatic N) is 1. The number of ether oxygens (including phenoxy) is 2. The zero-order valence-corrected chi connectivity index (χ0v) is 27.9. The van der Waals surface area contributed by atoms with E-state index < -0.39 is 5.60 Å². The van der Waals surface area contributed by atoms with Crippen molar-refractivity contribution in [2.75, 3.05) is 7.11 Å². The van der Waals surface area contributed by atoms with Crippen LogP contribution in [-0.2, 0) is 11.0 Å². The average molecular weight is 634 g/mol. The third-order valence-corrected chi connectivity index (χ3v) is 11.2. The minimum absolute atomic E-state index is 0.239. The highest BCUT2D eigenvalue weighted by molar-refractivity contribution is 6.09. The van der Waals surface area contributed by atoms with Gasteiger partial charge in [-0.25, -0.2) is 4.85 Å². The molecule has 1 aliphatic carbocycles.